The molecule has 3 heteroatoms. The lowest BCUT2D eigenvalue weighted by molar-refractivity contribution is -0.144. The number of piperidine rings is 1. The number of rotatable bonds is 4. The molecule has 1 aliphatic rings. The highest BCUT2D eigenvalue weighted by molar-refractivity contribution is 5.81. The molecule has 1 saturated heterocycles. The van der Waals surface area contributed by atoms with E-state index in [2.05, 4.69) is 11.8 Å². The first-order valence-electron chi connectivity index (χ1n) is 7.07. The van der Waals surface area contributed by atoms with Crippen LogP contribution in [0, 0.1) is 0 Å². The first-order chi connectivity index (χ1) is 9.04. The molecule has 0 aliphatic carbocycles. The predicted molar refractivity (Wildman–Crippen MR) is 76.3 cm³/mol. The minimum Gasteiger partial charge on any atom is -0.481 e. The van der Waals surface area contributed by atoms with Crippen LogP contribution in [-0.2, 0) is 10.2 Å². The monoisotopic (exact) mass is 261 g/mol. The van der Waals surface area contributed by atoms with Gasteiger partial charge in [-0.15, -0.1) is 0 Å². The highest BCUT2D eigenvalue weighted by atomic mass is 16.4. The molecule has 1 heterocycles. The molecule has 104 valence electrons. The highest BCUT2D eigenvalue weighted by Gasteiger charge is 2.38. The van der Waals surface area contributed by atoms with E-state index in [0.29, 0.717) is 12.6 Å². The van der Waals surface area contributed by atoms with Gasteiger partial charge in [-0.25, -0.2) is 0 Å². The van der Waals surface area contributed by atoms with Gasteiger partial charge in [0.15, 0.2) is 0 Å². The number of carboxylic acid groups (broad SMARTS) is 1. The smallest absolute Gasteiger partial charge is 0.315 e. The lowest BCUT2D eigenvalue weighted by Crippen LogP contribution is -2.49. The van der Waals surface area contributed by atoms with Crippen molar-refractivity contribution in [3.8, 4) is 0 Å². The van der Waals surface area contributed by atoms with Gasteiger partial charge in [-0.3, -0.25) is 9.69 Å². The molecule has 3 nitrogen and oxygen atoms in total. The molecule has 1 aromatic carbocycles. The fraction of sp³-hybridized carbons (Fsp3) is 0.562. The van der Waals surface area contributed by atoms with Crippen molar-refractivity contribution in [1.29, 1.82) is 0 Å². The van der Waals surface area contributed by atoms with E-state index in [1.54, 1.807) is 0 Å². The van der Waals surface area contributed by atoms with Crippen LogP contribution in [0.3, 0.4) is 0 Å². The molecule has 1 aromatic rings. The Hall–Kier alpha value is -1.35. The second-order valence-electron chi connectivity index (χ2n) is 5.82. The van der Waals surface area contributed by atoms with Gasteiger partial charge >= 0.3 is 5.97 Å². The van der Waals surface area contributed by atoms with Crippen LogP contribution < -0.4 is 0 Å². The topological polar surface area (TPSA) is 40.5 Å². The van der Waals surface area contributed by atoms with Crippen LogP contribution in [0.15, 0.2) is 30.3 Å². The standard InChI is InChI=1S/C16H23NO2/c1-13-8-6-7-11-17(13)12-16(2,15(18)19)14-9-4-3-5-10-14/h3-5,9-10,13H,6-8,11-12H2,1-2H3,(H,18,19). The molecule has 0 aromatic heterocycles. The maximum Gasteiger partial charge on any atom is 0.315 e. The molecule has 2 atom stereocenters. The summed E-state index contributed by atoms with van der Waals surface area (Å²) in [6.07, 6.45) is 3.60. The number of hydrogen-bond acceptors (Lipinski definition) is 2. The SMILES string of the molecule is CC1CCCCN1CC(C)(C(=O)O)c1ccccc1. The quantitative estimate of drug-likeness (QED) is 0.906. The van der Waals surface area contributed by atoms with Crippen molar-refractivity contribution in [1.82, 2.24) is 4.90 Å². The average molecular weight is 261 g/mol. The van der Waals surface area contributed by atoms with E-state index in [4.69, 9.17) is 0 Å². The number of aliphatic carboxylic acids is 1. The zero-order valence-electron chi connectivity index (χ0n) is 11.8. The third-order valence-corrected chi connectivity index (χ3v) is 4.34. The summed E-state index contributed by atoms with van der Waals surface area (Å²) >= 11 is 0. The van der Waals surface area contributed by atoms with E-state index in [1.165, 1.54) is 19.3 Å². The third kappa shape index (κ3) is 2.98. The number of benzene rings is 1. The van der Waals surface area contributed by atoms with Gasteiger partial charge in [-0.1, -0.05) is 36.8 Å². The van der Waals surface area contributed by atoms with Crippen molar-refractivity contribution in [2.75, 3.05) is 13.1 Å². The van der Waals surface area contributed by atoms with Gasteiger partial charge < -0.3 is 5.11 Å². The molecule has 2 rings (SSSR count). The number of carboxylic acids is 1. The number of hydrogen-bond donors (Lipinski definition) is 1. The summed E-state index contributed by atoms with van der Waals surface area (Å²) in [6, 6.07) is 10.1. The van der Waals surface area contributed by atoms with Crippen molar-refractivity contribution in [3.05, 3.63) is 35.9 Å². The third-order valence-electron chi connectivity index (χ3n) is 4.34. The summed E-state index contributed by atoms with van der Waals surface area (Å²) in [4.78, 5) is 14.1. The largest absolute Gasteiger partial charge is 0.481 e. The molecular formula is C16H23NO2. The molecule has 2 unspecified atom stereocenters. The lowest BCUT2D eigenvalue weighted by Gasteiger charge is -2.39. The van der Waals surface area contributed by atoms with Gasteiger partial charge in [0.2, 0.25) is 0 Å². The van der Waals surface area contributed by atoms with Crippen LogP contribution in [-0.4, -0.2) is 35.1 Å². The molecule has 19 heavy (non-hydrogen) atoms. The average Bonchev–Trinajstić information content (AvgIpc) is 2.42. The zero-order valence-corrected chi connectivity index (χ0v) is 11.8. The van der Waals surface area contributed by atoms with Gasteiger partial charge in [-0.05, 0) is 38.8 Å². The van der Waals surface area contributed by atoms with Crippen LogP contribution in [0.4, 0.5) is 0 Å². The van der Waals surface area contributed by atoms with Gasteiger partial charge in [0.25, 0.3) is 0 Å². The van der Waals surface area contributed by atoms with Crippen molar-refractivity contribution in [2.24, 2.45) is 0 Å². The Morgan fingerprint density at radius 3 is 2.63 bits per heavy atom. The van der Waals surface area contributed by atoms with E-state index in [-0.39, 0.29) is 0 Å². The Morgan fingerprint density at radius 1 is 1.37 bits per heavy atom. The molecule has 0 radical (unpaired) electrons. The number of carbonyl (C=O) groups is 1. The molecule has 1 N–H and O–H groups in total. The number of nitrogens with zero attached hydrogens (tertiary/aromatic N) is 1. The molecule has 0 spiro atoms. The maximum atomic E-state index is 11.8. The second kappa shape index (κ2) is 5.74. The molecular weight excluding hydrogens is 238 g/mol. The van der Waals surface area contributed by atoms with Crippen molar-refractivity contribution < 1.29 is 9.90 Å². The Labute approximate surface area is 115 Å². The Bertz CT molecular complexity index is 432. The second-order valence-corrected chi connectivity index (χ2v) is 5.82. The van der Waals surface area contributed by atoms with Gasteiger partial charge in [0.05, 0.1) is 0 Å². The van der Waals surface area contributed by atoms with E-state index < -0.39 is 11.4 Å². The lowest BCUT2D eigenvalue weighted by atomic mass is 9.81. The zero-order chi connectivity index (χ0) is 13.9. The normalized spacial score (nSPS) is 23.8. The van der Waals surface area contributed by atoms with Gasteiger partial charge in [0, 0.05) is 12.6 Å². The first kappa shape index (κ1) is 14.1. The predicted octanol–water partition coefficient (Wildman–Crippen LogP) is 2.90. The van der Waals surface area contributed by atoms with E-state index >= 15 is 0 Å². The van der Waals surface area contributed by atoms with E-state index in [9.17, 15) is 9.90 Å². The van der Waals surface area contributed by atoms with Crippen molar-refractivity contribution in [2.45, 2.75) is 44.6 Å². The summed E-state index contributed by atoms with van der Waals surface area (Å²) in [5, 5.41) is 9.68. The number of likely N-dealkylation sites (tertiary alicyclic amines) is 1. The summed E-state index contributed by atoms with van der Waals surface area (Å²) < 4.78 is 0. The van der Waals surface area contributed by atoms with Crippen LogP contribution in [0.5, 0.6) is 0 Å². The molecule has 0 saturated carbocycles. The van der Waals surface area contributed by atoms with Crippen molar-refractivity contribution in [3.63, 3.8) is 0 Å². The van der Waals surface area contributed by atoms with Crippen LogP contribution in [0.25, 0.3) is 0 Å². The summed E-state index contributed by atoms with van der Waals surface area (Å²) in [5.74, 6) is -0.739. The molecule has 0 amide bonds. The Morgan fingerprint density at radius 2 is 2.05 bits per heavy atom. The first-order valence-corrected chi connectivity index (χ1v) is 7.07. The van der Waals surface area contributed by atoms with E-state index in [1.807, 2.05) is 37.3 Å². The molecule has 1 aliphatic heterocycles. The molecule has 0 bridgehead atoms. The van der Waals surface area contributed by atoms with Crippen molar-refractivity contribution >= 4 is 5.97 Å². The molecule has 1 fully saturated rings. The Balaban J connectivity index is 2.23. The summed E-state index contributed by atoms with van der Waals surface area (Å²) in [7, 11) is 0. The fourth-order valence-electron chi connectivity index (χ4n) is 2.89. The highest BCUT2D eigenvalue weighted by Crippen LogP contribution is 2.28. The van der Waals surface area contributed by atoms with Crippen LogP contribution >= 0.6 is 0 Å². The van der Waals surface area contributed by atoms with E-state index in [0.717, 1.165) is 12.1 Å². The fourth-order valence-corrected chi connectivity index (χ4v) is 2.89. The van der Waals surface area contributed by atoms with Crippen LogP contribution in [0.1, 0.15) is 38.7 Å². The Kier molecular flexibility index (Phi) is 4.25. The minimum atomic E-state index is -0.827. The summed E-state index contributed by atoms with van der Waals surface area (Å²) in [5.41, 5.74) is 0.0626. The maximum absolute atomic E-state index is 11.8. The summed E-state index contributed by atoms with van der Waals surface area (Å²) in [6.45, 7) is 5.64. The van der Waals surface area contributed by atoms with Gasteiger partial charge in [-0.2, -0.15) is 0 Å². The van der Waals surface area contributed by atoms with Gasteiger partial charge in [0.1, 0.15) is 5.41 Å². The minimum absolute atomic E-state index is 0.483. The van der Waals surface area contributed by atoms with Crippen LogP contribution in [0.2, 0.25) is 0 Å².